The monoisotopic (exact) mass is 381 g/mol. The van der Waals surface area contributed by atoms with Gasteiger partial charge in [-0.05, 0) is 37.1 Å². The summed E-state index contributed by atoms with van der Waals surface area (Å²) < 4.78 is 7.38. The minimum atomic E-state index is -0.544. The maximum Gasteiger partial charge on any atom is 0.243 e. The van der Waals surface area contributed by atoms with E-state index in [2.05, 4.69) is 47.4 Å². The molecule has 148 valence electrons. The van der Waals surface area contributed by atoms with Gasteiger partial charge >= 0.3 is 0 Å². The first-order valence-corrected chi connectivity index (χ1v) is 9.56. The first-order chi connectivity index (χ1) is 13.3. The van der Waals surface area contributed by atoms with Gasteiger partial charge in [-0.2, -0.15) is 5.10 Å². The molecule has 7 nitrogen and oxygen atoms in total. The summed E-state index contributed by atoms with van der Waals surface area (Å²) in [6.45, 7) is 7.63. The molecule has 0 spiro atoms. The van der Waals surface area contributed by atoms with Gasteiger partial charge in [0.05, 0.1) is 19.4 Å². The van der Waals surface area contributed by atoms with Crippen molar-refractivity contribution in [2.45, 2.75) is 32.0 Å². The van der Waals surface area contributed by atoms with Crippen LogP contribution in [0.3, 0.4) is 0 Å². The molecule has 0 bridgehead atoms. The van der Waals surface area contributed by atoms with E-state index in [1.54, 1.807) is 4.68 Å². The predicted molar refractivity (Wildman–Crippen MR) is 109 cm³/mol. The zero-order valence-corrected chi connectivity index (χ0v) is 16.6. The molecule has 0 radical (unpaired) electrons. The molecule has 2 aliphatic heterocycles. The summed E-state index contributed by atoms with van der Waals surface area (Å²) in [5, 5.41) is 7.55. The molecule has 4 rings (SSSR count). The van der Waals surface area contributed by atoms with E-state index in [0.29, 0.717) is 0 Å². The number of nitrogens with two attached hydrogens (primary N) is 1. The highest BCUT2D eigenvalue weighted by Crippen LogP contribution is 2.35. The number of aromatic nitrogens is 2. The minimum absolute atomic E-state index is 0.00187. The molecule has 2 aromatic rings. The highest BCUT2D eigenvalue weighted by atomic mass is 16.5. The summed E-state index contributed by atoms with van der Waals surface area (Å²) in [7, 11) is 1.88. The van der Waals surface area contributed by atoms with Crippen molar-refractivity contribution in [2.24, 2.45) is 12.8 Å². The molecule has 2 aliphatic rings. The number of hydrogen-bond donors (Lipinski definition) is 2. The molecule has 7 heteroatoms. The molecule has 1 amide bonds. The van der Waals surface area contributed by atoms with Gasteiger partial charge in [0, 0.05) is 48.7 Å². The average molecular weight is 381 g/mol. The largest absolute Gasteiger partial charge is 0.378 e. The molecular formula is C21H27N5O2. The van der Waals surface area contributed by atoms with Crippen LogP contribution in [0.1, 0.15) is 30.5 Å². The van der Waals surface area contributed by atoms with E-state index in [4.69, 9.17) is 10.5 Å². The van der Waals surface area contributed by atoms with Crippen molar-refractivity contribution in [1.82, 2.24) is 14.7 Å². The van der Waals surface area contributed by atoms with Crippen LogP contribution in [0, 0.1) is 0 Å². The number of benzene rings is 1. The number of aryl methyl sites for hydroxylation is 1. The van der Waals surface area contributed by atoms with E-state index in [1.165, 1.54) is 5.56 Å². The van der Waals surface area contributed by atoms with Crippen LogP contribution >= 0.6 is 0 Å². The summed E-state index contributed by atoms with van der Waals surface area (Å²) in [6.07, 6.45) is 5.64. The Bertz CT molecular complexity index is 931. The topological polar surface area (TPSA) is 85.4 Å². The molecule has 3 heterocycles. The van der Waals surface area contributed by atoms with Crippen LogP contribution in [0.4, 0.5) is 5.69 Å². The Kier molecular flexibility index (Phi) is 4.72. The van der Waals surface area contributed by atoms with Crippen LogP contribution in [0.2, 0.25) is 0 Å². The minimum Gasteiger partial charge on any atom is -0.378 e. The number of anilines is 1. The Morgan fingerprint density at radius 2 is 2.25 bits per heavy atom. The highest BCUT2D eigenvalue weighted by Gasteiger charge is 2.31. The van der Waals surface area contributed by atoms with E-state index >= 15 is 0 Å². The number of ether oxygens (including phenoxy) is 1. The van der Waals surface area contributed by atoms with Gasteiger partial charge in [0.1, 0.15) is 6.04 Å². The lowest BCUT2D eigenvalue weighted by molar-refractivity contribution is -0.117. The summed E-state index contributed by atoms with van der Waals surface area (Å²) >= 11 is 0. The third-order valence-electron chi connectivity index (χ3n) is 5.53. The van der Waals surface area contributed by atoms with Gasteiger partial charge < -0.3 is 15.8 Å². The van der Waals surface area contributed by atoms with E-state index in [0.717, 1.165) is 48.7 Å². The molecule has 3 N–H and O–H groups in total. The quantitative estimate of drug-likeness (QED) is 0.843. The molecular weight excluding hydrogens is 354 g/mol. The van der Waals surface area contributed by atoms with Gasteiger partial charge in [0.25, 0.3) is 0 Å². The normalized spacial score (nSPS) is 21.5. The Hall–Kier alpha value is -2.64. The van der Waals surface area contributed by atoms with Gasteiger partial charge in [0.2, 0.25) is 5.91 Å². The van der Waals surface area contributed by atoms with Crippen molar-refractivity contribution < 1.29 is 9.53 Å². The molecule has 1 fully saturated rings. The zero-order valence-electron chi connectivity index (χ0n) is 16.6. The van der Waals surface area contributed by atoms with Crippen LogP contribution in [0.15, 0.2) is 36.7 Å². The van der Waals surface area contributed by atoms with Crippen LogP contribution in [-0.4, -0.2) is 51.9 Å². The molecule has 1 saturated heterocycles. The van der Waals surface area contributed by atoms with Gasteiger partial charge in [-0.15, -0.1) is 0 Å². The second-order valence-electron chi connectivity index (χ2n) is 8.17. The lowest BCUT2D eigenvalue weighted by atomic mass is 9.91. The second kappa shape index (κ2) is 7.07. The molecule has 28 heavy (non-hydrogen) atoms. The average Bonchev–Trinajstić information content (AvgIpc) is 3.08. The number of amides is 1. The van der Waals surface area contributed by atoms with Crippen molar-refractivity contribution in [3.05, 3.63) is 53.4 Å². The van der Waals surface area contributed by atoms with Crippen LogP contribution < -0.4 is 11.1 Å². The number of primary amides is 1. The number of nitrogens with zero attached hydrogens (tertiary/aromatic N) is 3. The van der Waals surface area contributed by atoms with Crippen LogP contribution in [-0.2, 0) is 23.1 Å². The number of rotatable bonds is 4. The molecule has 1 aromatic heterocycles. The maximum atomic E-state index is 11.9. The first kappa shape index (κ1) is 18.7. The third-order valence-corrected chi connectivity index (χ3v) is 5.53. The smallest absolute Gasteiger partial charge is 0.243 e. The van der Waals surface area contributed by atoms with Crippen LogP contribution in [0.5, 0.6) is 0 Å². The molecule has 1 aromatic carbocycles. The molecule has 0 aliphatic carbocycles. The fourth-order valence-corrected chi connectivity index (χ4v) is 3.88. The molecule has 1 unspecified atom stereocenters. The number of hydrogen-bond acceptors (Lipinski definition) is 5. The standard InChI is InChI=1S/C21H27N5O2/c1-21(2)13-28-7-6-26(21)11-14-4-5-16-17(15-10-23-25(3)12-15)9-19(20(22)27)24-18(16)8-14/h4-5,8-10,12,19,24H,6-7,11,13H2,1-3H3,(H2,22,27). The van der Waals surface area contributed by atoms with Gasteiger partial charge in [-0.25, -0.2) is 0 Å². The Labute approximate surface area is 165 Å². The number of carbonyl (C=O) groups is 1. The number of carbonyl (C=O) groups excluding carboxylic acids is 1. The number of morpholine rings is 1. The maximum absolute atomic E-state index is 11.9. The fraction of sp³-hybridized carbons (Fsp3) is 0.429. The SMILES string of the molecule is Cn1cc(C2=CC(C(N)=O)Nc3cc(CN4CCOCC4(C)C)ccc32)cn1. The van der Waals surface area contributed by atoms with Gasteiger partial charge in [-0.1, -0.05) is 12.1 Å². The lowest BCUT2D eigenvalue weighted by Crippen LogP contribution is -2.52. The van der Waals surface area contributed by atoms with E-state index in [-0.39, 0.29) is 5.54 Å². The van der Waals surface area contributed by atoms with E-state index in [1.807, 2.05) is 25.5 Å². The second-order valence-corrected chi connectivity index (χ2v) is 8.17. The Morgan fingerprint density at radius 3 is 2.93 bits per heavy atom. The molecule has 0 saturated carbocycles. The molecule has 1 atom stereocenters. The summed E-state index contributed by atoms with van der Waals surface area (Å²) in [4.78, 5) is 14.3. The zero-order chi connectivity index (χ0) is 19.9. The van der Waals surface area contributed by atoms with Gasteiger partial charge in [0.15, 0.2) is 0 Å². The van der Waals surface area contributed by atoms with Crippen molar-refractivity contribution in [3.63, 3.8) is 0 Å². The fourth-order valence-electron chi connectivity index (χ4n) is 3.88. The van der Waals surface area contributed by atoms with Crippen molar-refractivity contribution in [2.75, 3.05) is 25.1 Å². The highest BCUT2D eigenvalue weighted by molar-refractivity contribution is 5.96. The third kappa shape index (κ3) is 3.55. The number of nitrogens with one attached hydrogen (secondary N) is 1. The van der Waals surface area contributed by atoms with Gasteiger partial charge in [-0.3, -0.25) is 14.4 Å². The van der Waals surface area contributed by atoms with E-state index < -0.39 is 11.9 Å². The summed E-state index contributed by atoms with van der Waals surface area (Å²) in [5.74, 6) is -0.397. The van der Waals surface area contributed by atoms with Crippen molar-refractivity contribution in [3.8, 4) is 0 Å². The van der Waals surface area contributed by atoms with Crippen LogP contribution in [0.25, 0.3) is 5.57 Å². The lowest BCUT2D eigenvalue weighted by Gasteiger charge is -2.42. The first-order valence-electron chi connectivity index (χ1n) is 9.56. The number of fused-ring (bicyclic) bond motifs is 1. The predicted octanol–water partition coefficient (Wildman–Crippen LogP) is 1.74. The van der Waals surface area contributed by atoms with Crippen molar-refractivity contribution in [1.29, 1.82) is 0 Å². The Balaban J connectivity index is 1.67. The van der Waals surface area contributed by atoms with E-state index in [9.17, 15) is 4.79 Å². The van der Waals surface area contributed by atoms with Crippen molar-refractivity contribution >= 4 is 17.2 Å². The Morgan fingerprint density at radius 1 is 1.43 bits per heavy atom. The summed E-state index contributed by atoms with van der Waals surface area (Å²) in [5.41, 5.74) is 10.7. The summed E-state index contributed by atoms with van der Waals surface area (Å²) in [6, 6.07) is 5.85.